The highest BCUT2D eigenvalue weighted by Gasteiger charge is 2.23. The molecule has 0 bridgehead atoms. The third-order valence-corrected chi connectivity index (χ3v) is 4.35. The molecule has 0 aromatic heterocycles. The molecule has 0 amide bonds. The first-order valence-electron chi connectivity index (χ1n) is 7.03. The Hall–Kier alpha value is -0.890. The molecule has 0 saturated heterocycles. The standard InChI is InChI=1S/C15H23ClN2/c1-2-14(11-7-4-3-5-8-11)18-15-12(16)9-6-10-13(15)17/h6,9-11,14,18H,2-5,7-8,17H2,1H3. The van der Waals surface area contributed by atoms with E-state index in [0.717, 1.165) is 28.7 Å². The summed E-state index contributed by atoms with van der Waals surface area (Å²) >= 11 is 6.23. The Labute approximate surface area is 115 Å². The zero-order chi connectivity index (χ0) is 13.0. The number of halogens is 1. The van der Waals surface area contributed by atoms with Gasteiger partial charge in [0.2, 0.25) is 0 Å². The van der Waals surface area contributed by atoms with Gasteiger partial charge in [-0.05, 0) is 37.3 Å². The monoisotopic (exact) mass is 266 g/mol. The van der Waals surface area contributed by atoms with Crippen LogP contribution in [0.25, 0.3) is 0 Å². The van der Waals surface area contributed by atoms with Crippen molar-refractivity contribution in [2.75, 3.05) is 11.1 Å². The summed E-state index contributed by atoms with van der Waals surface area (Å²) in [6.45, 7) is 2.24. The Bertz CT molecular complexity index is 366. The summed E-state index contributed by atoms with van der Waals surface area (Å²) in [6.07, 6.45) is 7.89. The molecule has 1 saturated carbocycles. The number of hydrogen-bond acceptors (Lipinski definition) is 2. The van der Waals surface area contributed by atoms with E-state index >= 15 is 0 Å². The van der Waals surface area contributed by atoms with Crippen molar-refractivity contribution in [3.63, 3.8) is 0 Å². The van der Waals surface area contributed by atoms with E-state index < -0.39 is 0 Å². The van der Waals surface area contributed by atoms with E-state index in [9.17, 15) is 0 Å². The van der Waals surface area contributed by atoms with Crippen molar-refractivity contribution < 1.29 is 0 Å². The number of rotatable bonds is 4. The third kappa shape index (κ3) is 3.11. The fourth-order valence-corrected chi connectivity index (χ4v) is 3.20. The number of anilines is 2. The van der Waals surface area contributed by atoms with Gasteiger partial charge in [-0.25, -0.2) is 0 Å². The Kier molecular flexibility index (Phi) is 4.76. The van der Waals surface area contributed by atoms with E-state index in [-0.39, 0.29) is 0 Å². The first-order chi connectivity index (χ1) is 8.72. The quantitative estimate of drug-likeness (QED) is 0.776. The summed E-state index contributed by atoms with van der Waals surface area (Å²) < 4.78 is 0. The van der Waals surface area contributed by atoms with Gasteiger partial charge in [0.25, 0.3) is 0 Å². The number of nitrogen functional groups attached to an aromatic ring is 1. The topological polar surface area (TPSA) is 38.0 Å². The van der Waals surface area contributed by atoms with Crippen LogP contribution in [0.2, 0.25) is 5.02 Å². The van der Waals surface area contributed by atoms with Crippen LogP contribution in [-0.2, 0) is 0 Å². The van der Waals surface area contributed by atoms with Gasteiger partial charge in [-0.1, -0.05) is 43.9 Å². The van der Waals surface area contributed by atoms with E-state index in [1.807, 2.05) is 18.2 Å². The maximum Gasteiger partial charge on any atom is 0.0765 e. The molecule has 1 fully saturated rings. The van der Waals surface area contributed by atoms with Crippen LogP contribution >= 0.6 is 11.6 Å². The molecule has 1 aliphatic rings. The Morgan fingerprint density at radius 2 is 2.06 bits per heavy atom. The van der Waals surface area contributed by atoms with Crippen LogP contribution in [0, 0.1) is 5.92 Å². The van der Waals surface area contributed by atoms with Gasteiger partial charge in [-0.2, -0.15) is 0 Å². The lowest BCUT2D eigenvalue weighted by atomic mass is 9.83. The van der Waals surface area contributed by atoms with Crippen LogP contribution in [0.3, 0.4) is 0 Å². The molecule has 1 unspecified atom stereocenters. The van der Waals surface area contributed by atoms with Gasteiger partial charge in [-0.15, -0.1) is 0 Å². The Morgan fingerprint density at radius 3 is 2.67 bits per heavy atom. The Morgan fingerprint density at radius 1 is 1.33 bits per heavy atom. The maximum absolute atomic E-state index is 6.23. The van der Waals surface area contributed by atoms with Gasteiger partial charge in [0.15, 0.2) is 0 Å². The van der Waals surface area contributed by atoms with E-state index in [0.29, 0.717) is 6.04 Å². The van der Waals surface area contributed by atoms with Crippen molar-refractivity contribution in [2.24, 2.45) is 5.92 Å². The highest BCUT2D eigenvalue weighted by atomic mass is 35.5. The lowest BCUT2D eigenvalue weighted by Gasteiger charge is -2.31. The summed E-state index contributed by atoms with van der Waals surface area (Å²) in [5, 5.41) is 4.30. The largest absolute Gasteiger partial charge is 0.397 e. The van der Waals surface area contributed by atoms with Crippen molar-refractivity contribution in [1.82, 2.24) is 0 Å². The van der Waals surface area contributed by atoms with Gasteiger partial charge in [0, 0.05) is 6.04 Å². The minimum atomic E-state index is 0.493. The summed E-state index contributed by atoms with van der Waals surface area (Å²) in [4.78, 5) is 0. The second-order valence-electron chi connectivity index (χ2n) is 5.26. The van der Waals surface area contributed by atoms with Gasteiger partial charge in [0.05, 0.1) is 16.4 Å². The molecule has 100 valence electrons. The van der Waals surface area contributed by atoms with Gasteiger partial charge >= 0.3 is 0 Å². The van der Waals surface area contributed by atoms with E-state index in [1.54, 1.807) is 0 Å². The molecule has 0 radical (unpaired) electrons. The van der Waals surface area contributed by atoms with Crippen molar-refractivity contribution in [2.45, 2.75) is 51.5 Å². The minimum Gasteiger partial charge on any atom is -0.397 e. The van der Waals surface area contributed by atoms with E-state index in [1.165, 1.54) is 32.1 Å². The lowest BCUT2D eigenvalue weighted by molar-refractivity contribution is 0.313. The second-order valence-corrected chi connectivity index (χ2v) is 5.67. The molecule has 1 aromatic carbocycles. The molecule has 1 aliphatic carbocycles. The molecule has 0 heterocycles. The predicted octanol–water partition coefficient (Wildman–Crippen LogP) is 4.69. The molecular weight excluding hydrogens is 244 g/mol. The molecule has 0 aliphatic heterocycles. The van der Waals surface area contributed by atoms with Crippen LogP contribution in [0.4, 0.5) is 11.4 Å². The van der Waals surface area contributed by atoms with Crippen LogP contribution < -0.4 is 11.1 Å². The molecule has 1 aromatic rings. The summed E-state index contributed by atoms with van der Waals surface area (Å²) in [5.41, 5.74) is 7.67. The molecular formula is C15H23ClN2. The lowest BCUT2D eigenvalue weighted by Crippen LogP contribution is -2.30. The van der Waals surface area contributed by atoms with Crippen LogP contribution in [-0.4, -0.2) is 6.04 Å². The minimum absolute atomic E-state index is 0.493. The summed E-state index contributed by atoms with van der Waals surface area (Å²) in [6, 6.07) is 6.19. The van der Waals surface area contributed by atoms with E-state index in [2.05, 4.69) is 12.2 Å². The van der Waals surface area contributed by atoms with Crippen molar-refractivity contribution >= 4 is 23.0 Å². The summed E-state index contributed by atoms with van der Waals surface area (Å²) in [5.74, 6) is 0.763. The average Bonchev–Trinajstić information content (AvgIpc) is 2.40. The fourth-order valence-electron chi connectivity index (χ4n) is 2.97. The van der Waals surface area contributed by atoms with Gasteiger partial charge in [0.1, 0.15) is 0 Å². The number of hydrogen-bond donors (Lipinski definition) is 2. The third-order valence-electron chi connectivity index (χ3n) is 4.03. The second kappa shape index (κ2) is 6.33. The fraction of sp³-hybridized carbons (Fsp3) is 0.600. The van der Waals surface area contributed by atoms with Crippen LogP contribution in [0.1, 0.15) is 45.4 Å². The first-order valence-corrected chi connectivity index (χ1v) is 7.40. The highest BCUT2D eigenvalue weighted by Crippen LogP contribution is 2.33. The molecule has 2 rings (SSSR count). The maximum atomic E-state index is 6.23. The molecule has 1 atom stereocenters. The Balaban J connectivity index is 2.09. The molecule has 2 nitrogen and oxygen atoms in total. The van der Waals surface area contributed by atoms with Crippen molar-refractivity contribution in [3.05, 3.63) is 23.2 Å². The van der Waals surface area contributed by atoms with Crippen molar-refractivity contribution in [3.8, 4) is 0 Å². The highest BCUT2D eigenvalue weighted by molar-refractivity contribution is 6.33. The summed E-state index contributed by atoms with van der Waals surface area (Å²) in [7, 11) is 0. The predicted molar refractivity (Wildman–Crippen MR) is 80.1 cm³/mol. The van der Waals surface area contributed by atoms with Crippen molar-refractivity contribution in [1.29, 1.82) is 0 Å². The molecule has 3 N–H and O–H groups in total. The van der Waals surface area contributed by atoms with Gasteiger partial charge in [-0.3, -0.25) is 0 Å². The number of para-hydroxylation sites is 1. The first kappa shape index (κ1) is 13.5. The zero-order valence-corrected chi connectivity index (χ0v) is 11.8. The smallest absolute Gasteiger partial charge is 0.0765 e. The van der Waals surface area contributed by atoms with Crippen LogP contribution in [0.15, 0.2) is 18.2 Å². The number of nitrogens with one attached hydrogen (secondary N) is 1. The zero-order valence-electron chi connectivity index (χ0n) is 11.1. The van der Waals surface area contributed by atoms with Crippen LogP contribution in [0.5, 0.6) is 0 Å². The van der Waals surface area contributed by atoms with Gasteiger partial charge < -0.3 is 11.1 Å². The SMILES string of the molecule is CCC(Nc1c(N)cccc1Cl)C1CCCCC1. The molecule has 18 heavy (non-hydrogen) atoms. The average molecular weight is 267 g/mol. The molecule has 3 heteroatoms. The number of nitrogens with two attached hydrogens (primary N) is 1. The number of benzene rings is 1. The normalized spacial score (nSPS) is 18.6. The molecule has 0 spiro atoms. The van der Waals surface area contributed by atoms with E-state index in [4.69, 9.17) is 17.3 Å².